The number of ether oxygens (including phenoxy) is 1. The average molecular weight is 291 g/mol. The molecule has 1 aromatic carbocycles. The van der Waals surface area contributed by atoms with E-state index >= 15 is 0 Å². The molecule has 3 nitrogen and oxygen atoms in total. The molecule has 0 heterocycles. The molecule has 0 aliphatic heterocycles. The summed E-state index contributed by atoms with van der Waals surface area (Å²) in [4.78, 5) is 12.2. The van der Waals surface area contributed by atoms with Crippen molar-refractivity contribution in [3.63, 3.8) is 0 Å². The van der Waals surface area contributed by atoms with Gasteiger partial charge in [-0.1, -0.05) is 58.1 Å². The Bertz CT molecular complexity index is 404. The minimum atomic E-state index is -0.0322. The van der Waals surface area contributed by atoms with Crippen molar-refractivity contribution in [2.24, 2.45) is 0 Å². The number of benzene rings is 1. The number of hydrogen-bond acceptors (Lipinski definition) is 2. The number of para-hydroxylation sites is 1. The first-order valence-electron chi connectivity index (χ1n) is 8.29. The maximum absolute atomic E-state index is 12.2. The zero-order valence-corrected chi connectivity index (χ0v) is 13.5. The zero-order chi connectivity index (χ0) is 15.3. The molecule has 0 aliphatic rings. The van der Waals surface area contributed by atoms with Gasteiger partial charge in [-0.15, -0.1) is 0 Å². The van der Waals surface area contributed by atoms with Gasteiger partial charge in [0.05, 0.1) is 12.2 Å². The summed E-state index contributed by atoms with van der Waals surface area (Å²) < 4.78 is 5.62. The maximum atomic E-state index is 12.2. The summed E-state index contributed by atoms with van der Waals surface area (Å²) in [5.41, 5.74) is 0.636. The van der Waals surface area contributed by atoms with Crippen LogP contribution in [0.15, 0.2) is 24.3 Å². The highest BCUT2D eigenvalue weighted by Gasteiger charge is 2.10. The third kappa shape index (κ3) is 7.16. The second-order valence-electron chi connectivity index (χ2n) is 5.37. The van der Waals surface area contributed by atoms with Crippen molar-refractivity contribution in [3.8, 4) is 5.75 Å². The van der Waals surface area contributed by atoms with Crippen molar-refractivity contribution in [3.05, 3.63) is 29.8 Å². The topological polar surface area (TPSA) is 38.3 Å². The number of carbonyl (C=O) groups excluding carboxylic acids is 1. The van der Waals surface area contributed by atoms with Crippen molar-refractivity contribution < 1.29 is 9.53 Å². The van der Waals surface area contributed by atoms with Crippen molar-refractivity contribution in [2.75, 3.05) is 13.2 Å². The van der Waals surface area contributed by atoms with E-state index in [1.54, 1.807) is 0 Å². The first-order valence-corrected chi connectivity index (χ1v) is 8.29. The van der Waals surface area contributed by atoms with E-state index < -0.39 is 0 Å². The first-order chi connectivity index (χ1) is 10.3. The number of nitrogens with one attached hydrogen (secondary N) is 1. The summed E-state index contributed by atoms with van der Waals surface area (Å²) in [6.45, 7) is 5.66. The Balaban J connectivity index is 2.31. The molecule has 0 fully saturated rings. The summed E-state index contributed by atoms with van der Waals surface area (Å²) in [5, 5.41) is 2.99. The van der Waals surface area contributed by atoms with Gasteiger partial charge in [0, 0.05) is 6.54 Å². The van der Waals surface area contributed by atoms with E-state index in [-0.39, 0.29) is 5.91 Å². The van der Waals surface area contributed by atoms with Gasteiger partial charge in [-0.25, -0.2) is 0 Å². The Morgan fingerprint density at radius 3 is 2.48 bits per heavy atom. The molecule has 0 saturated heterocycles. The minimum absolute atomic E-state index is 0.0322. The third-order valence-corrected chi connectivity index (χ3v) is 3.41. The summed E-state index contributed by atoms with van der Waals surface area (Å²) >= 11 is 0. The van der Waals surface area contributed by atoms with Crippen molar-refractivity contribution in [1.29, 1.82) is 0 Å². The summed E-state index contributed by atoms with van der Waals surface area (Å²) in [6.07, 6.45) is 8.33. The standard InChI is InChI=1S/C18H29NO2/c1-3-5-6-7-8-11-14-19-18(20)16-12-9-10-13-17(16)21-15-4-2/h9-10,12-13H,3-8,11,14-15H2,1-2H3,(H,19,20). The molecule has 0 saturated carbocycles. The molecule has 0 unspecified atom stereocenters. The molecule has 0 atom stereocenters. The number of rotatable bonds is 11. The van der Waals surface area contributed by atoms with Gasteiger partial charge < -0.3 is 10.1 Å². The molecule has 0 spiro atoms. The first kappa shape index (κ1) is 17.5. The second kappa shape index (κ2) is 11.2. The molecule has 3 heteroatoms. The number of carbonyl (C=O) groups is 1. The average Bonchev–Trinajstić information content (AvgIpc) is 2.52. The smallest absolute Gasteiger partial charge is 0.255 e. The van der Waals surface area contributed by atoms with Crippen molar-refractivity contribution in [2.45, 2.75) is 58.8 Å². The molecule has 0 bridgehead atoms. The summed E-state index contributed by atoms with van der Waals surface area (Å²) in [6, 6.07) is 7.45. The van der Waals surface area contributed by atoms with Gasteiger partial charge in [0.15, 0.2) is 0 Å². The second-order valence-corrected chi connectivity index (χ2v) is 5.37. The lowest BCUT2D eigenvalue weighted by atomic mass is 10.1. The monoisotopic (exact) mass is 291 g/mol. The molecule has 0 radical (unpaired) electrons. The Labute approximate surface area is 129 Å². The highest BCUT2D eigenvalue weighted by Crippen LogP contribution is 2.18. The van der Waals surface area contributed by atoms with Crippen LogP contribution in [0.25, 0.3) is 0 Å². The fourth-order valence-corrected chi connectivity index (χ4v) is 2.19. The van der Waals surface area contributed by atoms with Gasteiger partial charge in [0.1, 0.15) is 5.75 Å². The maximum Gasteiger partial charge on any atom is 0.255 e. The van der Waals surface area contributed by atoms with Crippen molar-refractivity contribution in [1.82, 2.24) is 5.32 Å². The van der Waals surface area contributed by atoms with Crippen LogP contribution in [0.3, 0.4) is 0 Å². The van der Waals surface area contributed by atoms with Gasteiger partial charge >= 0.3 is 0 Å². The predicted molar refractivity (Wildman–Crippen MR) is 87.9 cm³/mol. The largest absolute Gasteiger partial charge is 0.493 e. The highest BCUT2D eigenvalue weighted by molar-refractivity contribution is 5.96. The predicted octanol–water partition coefficient (Wildman–Crippen LogP) is 4.57. The normalized spacial score (nSPS) is 10.4. The molecule has 1 N–H and O–H groups in total. The minimum Gasteiger partial charge on any atom is -0.493 e. The van der Waals surface area contributed by atoms with E-state index in [1.165, 1.54) is 32.1 Å². The molecule has 1 aromatic rings. The van der Waals surface area contributed by atoms with Gasteiger partial charge in [0.25, 0.3) is 5.91 Å². The highest BCUT2D eigenvalue weighted by atomic mass is 16.5. The van der Waals surface area contributed by atoms with E-state index in [0.717, 1.165) is 19.4 Å². The van der Waals surface area contributed by atoms with Crippen LogP contribution in [0.4, 0.5) is 0 Å². The van der Waals surface area contributed by atoms with Gasteiger partial charge in [-0.2, -0.15) is 0 Å². The molecule has 0 aromatic heterocycles. The molecule has 21 heavy (non-hydrogen) atoms. The Kier molecular flexibility index (Phi) is 9.34. The third-order valence-electron chi connectivity index (χ3n) is 3.41. The summed E-state index contributed by atoms with van der Waals surface area (Å²) in [7, 11) is 0. The SMILES string of the molecule is CCCCCCCCNC(=O)c1ccccc1OCCC. The lowest BCUT2D eigenvalue weighted by Crippen LogP contribution is -2.25. The van der Waals surface area contributed by atoms with Gasteiger partial charge in [-0.3, -0.25) is 4.79 Å². The number of amides is 1. The quantitative estimate of drug-likeness (QED) is 0.607. The molecule has 118 valence electrons. The molecule has 0 aliphatic carbocycles. The summed E-state index contributed by atoms with van der Waals surface area (Å²) in [5.74, 6) is 0.648. The van der Waals surface area contributed by atoms with Crippen LogP contribution in [0.2, 0.25) is 0 Å². The molecular formula is C18H29NO2. The van der Waals surface area contributed by atoms with E-state index in [1.807, 2.05) is 24.3 Å². The van der Waals surface area contributed by atoms with E-state index in [4.69, 9.17) is 4.74 Å². The van der Waals surface area contributed by atoms with E-state index in [2.05, 4.69) is 19.2 Å². The molecular weight excluding hydrogens is 262 g/mol. The molecule has 1 rings (SSSR count). The fraction of sp³-hybridized carbons (Fsp3) is 0.611. The number of unbranched alkanes of at least 4 members (excludes halogenated alkanes) is 5. The number of hydrogen-bond donors (Lipinski definition) is 1. The van der Waals surface area contributed by atoms with Gasteiger partial charge in [0.2, 0.25) is 0 Å². The van der Waals surface area contributed by atoms with Crippen LogP contribution in [0.1, 0.15) is 69.2 Å². The Morgan fingerprint density at radius 2 is 1.71 bits per heavy atom. The van der Waals surface area contributed by atoms with Crippen LogP contribution < -0.4 is 10.1 Å². The van der Waals surface area contributed by atoms with Crippen LogP contribution >= 0.6 is 0 Å². The molecule has 1 amide bonds. The van der Waals surface area contributed by atoms with Crippen LogP contribution in [-0.2, 0) is 0 Å². The van der Waals surface area contributed by atoms with E-state index in [0.29, 0.717) is 17.9 Å². The zero-order valence-electron chi connectivity index (χ0n) is 13.5. The lowest BCUT2D eigenvalue weighted by molar-refractivity contribution is 0.0949. The van der Waals surface area contributed by atoms with Crippen LogP contribution in [0, 0.1) is 0 Å². The Hall–Kier alpha value is -1.51. The van der Waals surface area contributed by atoms with Crippen LogP contribution in [-0.4, -0.2) is 19.1 Å². The van der Waals surface area contributed by atoms with E-state index in [9.17, 15) is 4.79 Å². The fourth-order valence-electron chi connectivity index (χ4n) is 2.19. The Morgan fingerprint density at radius 1 is 1.00 bits per heavy atom. The van der Waals surface area contributed by atoms with Gasteiger partial charge in [-0.05, 0) is 25.0 Å². The lowest BCUT2D eigenvalue weighted by Gasteiger charge is -2.11. The van der Waals surface area contributed by atoms with Crippen LogP contribution in [0.5, 0.6) is 5.75 Å². The van der Waals surface area contributed by atoms with Crippen molar-refractivity contribution >= 4 is 5.91 Å².